The lowest BCUT2D eigenvalue weighted by Crippen LogP contribution is -2.36. The maximum atomic E-state index is 12.3. The van der Waals surface area contributed by atoms with Crippen molar-refractivity contribution in [1.29, 1.82) is 0 Å². The summed E-state index contributed by atoms with van der Waals surface area (Å²) in [4.78, 5) is 24.1. The summed E-state index contributed by atoms with van der Waals surface area (Å²) < 4.78 is 10.9. The van der Waals surface area contributed by atoms with Gasteiger partial charge in [0.05, 0.1) is 36.8 Å². The molecule has 0 aliphatic carbocycles. The number of morpholine rings is 1. The lowest BCUT2D eigenvalue weighted by atomic mass is 9.88. The van der Waals surface area contributed by atoms with E-state index in [2.05, 4.69) is 36.3 Å². The van der Waals surface area contributed by atoms with Crippen molar-refractivity contribution in [2.45, 2.75) is 53.2 Å². The van der Waals surface area contributed by atoms with Crippen LogP contribution in [0.5, 0.6) is 0 Å². The minimum absolute atomic E-state index is 0.0621. The van der Waals surface area contributed by atoms with Crippen LogP contribution in [0, 0.1) is 5.41 Å². The Morgan fingerprint density at radius 3 is 2.57 bits per heavy atom. The first-order chi connectivity index (χ1) is 14.0. The van der Waals surface area contributed by atoms with Gasteiger partial charge in [-0.15, -0.1) is 0 Å². The summed E-state index contributed by atoms with van der Waals surface area (Å²) >= 11 is 0. The molecule has 0 saturated carbocycles. The van der Waals surface area contributed by atoms with Gasteiger partial charge >= 0.3 is 5.97 Å². The normalized spacial score (nSPS) is 19.9. The summed E-state index contributed by atoms with van der Waals surface area (Å²) in [7, 11) is 0. The third kappa shape index (κ3) is 5.84. The zero-order chi connectivity index (χ0) is 21.9. The second-order valence-electron chi connectivity index (χ2n) is 9.87. The van der Waals surface area contributed by atoms with Crippen LogP contribution >= 0.6 is 0 Å². The second-order valence-corrected chi connectivity index (χ2v) is 9.87. The van der Waals surface area contributed by atoms with E-state index in [1.165, 1.54) is 0 Å². The van der Waals surface area contributed by atoms with Gasteiger partial charge in [0.25, 0.3) is 0 Å². The number of anilines is 2. The third-order valence-corrected chi connectivity index (χ3v) is 5.06. The number of carbonyl (C=O) groups excluding carboxylic acids is 1. The summed E-state index contributed by atoms with van der Waals surface area (Å²) in [6.45, 7) is 16.0. The van der Waals surface area contributed by atoms with Crippen molar-refractivity contribution in [3.05, 3.63) is 18.0 Å². The molecule has 1 atom stereocenters. The third-order valence-electron chi connectivity index (χ3n) is 5.06. The van der Waals surface area contributed by atoms with Crippen molar-refractivity contribution in [2.24, 2.45) is 10.4 Å². The first-order valence-electron chi connectivity index (χ1n) is 10.6. The quantitative estimate of drug-likeness (QED) is 0.712. The average molecular weight is 418 g/mol. The minimum atomic E-state index is -0.521. The predicted octanol–water partition coefficient (Wildman–Crippen LogP) is 2.44. The molecule has 30 heavy (non-hydrogen) atoms. The highest BCUT2D eigenvalue weighted by atomic mass is 16.6. The van der Waals surface area contributed by atoms with Gasteiger partial charge in [0.1, 0.15) is 23.7 Å². The molecule has 166 valence electrons. The molecule has 1 aromatic heterocycles. The molecule has 8 heteroatoms. The number of pyridine rings is 1. The van der Waals surface area contributed by atoms with E-state index in [0.29, 0.717) is 13.2 Å². The topological polar surface area (TPSA) is 88.1 Å². The first kappa shape index (κ1) is 22.3. The Kier molecular flexibility index (Phi) is 6.55. The lowest BCUT2D eigenvalue weighted by Gasteiger charge is -2.29. The van der Waals surface area contributed by atoms with Gasteiger partial charge in [0.15, 0.2) is 0 Å². The van der Waals surface area contributed by atoms with E-state index < -0.39 is 5.60 Å². The van der Waals surface area contributed by atoms with E-state index >= 15 is 0 Å². The number of aliphatic imine (C=N–C) groups is 1. The number of amidine groups is 1. The molecule has 8 nitrogen and oxygen atoms in total. The van der Waals surface area contributed by atoms with E-state index in [1.54, 1.807) is 0 Å². The maximum Gasteiger partial charge on any atom is 0.325 e. The van der Waals surface area contributed by atoms with Gasteiger partial charge in [-0.2, -0.15) is 0 Å². The molecule has 3 heterocycles. The Bertz CT molecular complexity index is 789. The average Bonchev–Trinajstić information content (AvgIpc) is 3.16. The number of rotatable bonds is 5. The van der Waals surface area contributed by atoms with Crippen LogP contribution in [0.3, 0.4) is 0 Å². The molecule has 1 unspecified atom stereocenters. The Labute approximate surface area is 179 Å². The van der Waals surface area contributed by atoms with Crippen LogP contribution in [-0.2, 0) is 14.3 Å². The molecular formula is C22H35N5O3. The molecule has 3 rings (SSSR count). The van der Waals surface area contributed by atoms with Crippen LogP contribution in [0.1, 0.15) is 47.2 Å². The Balaban J connectivity index is 1.84. The lowest BCUT2D eigenvalue weighted by molar-refractivity contribution is -0.152. The molecule has 2 N–H and O–H groups in total. The number of ether oxygens (including phenoxy) is 2. The van der Waals surface area contributed by atoms with E-state index in [0.717, 1.165) is 42.5 Å². The van der Waals surface area contributed by atoms with E-state index in [-0.39, 0.29) is 24.0 Å². The Hall–Kier alpha value is -2.35. The fourth-order valence-corrected chi connectivity index (χ4v) is 3.40. The maximum absolute atomic E-state index is 12.3. The predicted molar refractivity (Wildman–Crippen MR) is 119 cm³/mol. The number of hydrogen-bond donors (Lipinski definition) is 2. The number of nitrogens with zero attached hydrogens (tertiary/aromatic N) is 3. The molecule has 1 fully saturated rings. The summed E-state index contributed by atoms with van der Waals surface area (Å²) in [5.74, 6) is 0.453. The zero-order valence-electron chi connectivity index (χ0n) is 19.0. The zero-order valence-corrected chi connectivity index (χ0v) is 19.0. The summed E-state index contributed by atoms with van der Waals surface area (Å²) in [6, 6.07) is 2.21. The van der Waals surface area contributed by atoms with Crippen LogP contribution in [0.25, 0.3) is 0 Å². The molecule has 2 aliphatic heterocycles. The van der Waals surface area contributed by atoms with Gasteiger partial charge in [-0.25, -0.2) is 4.98 Å². The molecule has 0 aromatic carbocycles. The number of aromatic nitrogens is 1. The van der Waals surface area contributed by atoms with Crippen LogP contribution in [0.4, 0.5) is 11.4 Å². The highest BCUT2D eigenvalue weighted by Crippen LogP contribution is 2.28. The Morgan fingerprint density at radius 2 is 1.97 bits per heavy atom. The van der Waals surface area contributed by atoms with Crippen molar-refractivity contribution in [3.63, 3.8) is 0 Å². The molecule has 0 spiro atoms. The van der Waals surface area contributed by atoms with Crippen LogP contribution in [0.15, 0.2) is 17.3 Å². The molecule has 0 bridgehead atoms. The SMILES string of the molecule is CC(C)(C)OC(=O)CNc1cc(N2CCOCC2)cnc1C1=NC(C(C)(C)C)CN1. The highest BCUT2D eigenvalue weighted by molar-refractivity contribution is 6.03. The van der Waals surface area contributed by atoms with Crippen LogP contribution < -0.4 is 15.5 Å². The van der Waals surface area contributed by atoms with Crippen molar-refractivity contribution < 1.29 is 14.3 Å². The van der Waals surface area contributed by atoms with Crippen LogP contribution in [-0.4, -0.2) is 67.8 Å². The first-order valence-corrected chi connectivity index (χ1v) is 10.6. The Morgan fingerprint density at radius 1 is 1.27 bits per heavy atom. The van der Waals surface area contributed by atoms with Gasteiger partial charge in [-0.05, 0) is 32.3 Å². The summed E-state index contributed by atoms with van der Waals surface area (Å²) in [5.41, 5.74) is 2.03. The standard InChI is InChI=1S/C22H35N5O3/c1-21(2,3)17-13-25-20(26-17)19-16(23-14-18(28)30-22(4,5)6)11-15(12-24-19)27-7-9-29-10-8-27/h11-12,17,23H,7-10,13-14H2,1-6H3,(H,25,26). The van der Waals surface area contributed by atoms with Gasteiger partial charge in [-0.3, -0.25) is 9.79 Å². The van der Waals surface area contributed by atoms with E-state index in [9.17, 15) is 4.79 Å². The fourth-order valence-electron chi connectivity index (χ4n) is 3.40. The summed E-state index contributed by atoms with van der Waals surface area (Å²) in [6.07, 6.45) is 1.87. The fraction of sp³-hybridized carbons (Fsp3) is 0.682. The van der Waals surface area contributed by atoms with Crippen molar-refractivity contribution in [3.8, 4) is 0 Å². The molecule has 0 radical (unpaired) electrons. The van der Waals surface area contributed by atoms with Gasteiger partial charge in [-0.1, -0.05) is 20.8 Å². The van der Waals surface area contributed by atoms with Crippen molar-refractivity contribution >= 4 is 23.2 Å². The minimum Gasteiger partial charge on any atom is -0.459 e. The monoisotopic (exact) mass is 417 g/mol. The molecule has 2 aliphatic rings. The number of carbonyl (C=O) groups is 1. The second kappa shape index (κ2) is 8.79. The molecule has 1 saturated heterocycles. The molecule has 1 aromatic rings. The van der Waals surface area contributed by atoms with Crippen molar-refractivity contribution in [2.75, 3.05) is 49.6 Å². The van der Waals surface area contributed by atoms with E-state index in [4.69, 9.17) is 19.5 Å². The molecule has 0 amide bonds. The molecular weight excluding hydrogens is 382 g/mol. The van der Waals surface area contributed by atoms with Gasteiger partial charge in [0.2, 0.25) is 0 Å². The van der Waals surface area contributed by atoms with Crippen molar-refractivity contribution in [1.82, 2.24) is 10.3 Å². The smallest absolute Gasteiger partial charge is 0.325 e. The number of nitrogens with one attached hydrogen (secondary N) is 2. The number of esters is 1. The summed E-state index contributed by atoms with van der Waals surface area (Å²) in [5, 5.41) is 6.62. The van der Waals surface area contributed by atoms with Gasteiger partial charge < -0.3 is 25.0 Å². The van der Waals surface area contributed by atoms with Gasteiger partial charge in [0, 0.05) is 19.6 Å². The number of hydrogen-bond acceptors (Lipinski definition) is 8. The van der Waals surface area contributed by atoms with Crippen LogP contribution in [0.2, 0.25) is 0 Å². The highest BCUT2D eigenvalue weighted by Gasteiger charge is 2.30. The largest absolute Gasteiger partial charge is 0.459 e. The van der Waals surface area contributed by atoms with E-state index in [1.807, 2.05) is 33.0 Å².